The summed E-state index contributed by atoms with van der Waals surface area (Å²) in [5.74, 6) is 0.625. The minimum Gasteiger partial charge on any atom is -0.356 e. The van der Waals surface area contributed by atoms with Gasteiger partial charge in [0.25, 0.3) is 0 Å². The van der Waals surface area contributed by atoms with E-state index in [-0.39, 0.29) is 30.3 Å². The topological polar surface area (TPSA) is 70.2 Å². The Balaban J connectivity index is 0.00000242. The predicted octanol–water partition coefficient (Wildman–Crippen LogP) is 1.75. The molecule has 2 aliphatic rings. The van der Waals surface area contributed by atoms with Gasteiger partial charge in [-0.15, -0.1) is 12.4 Å². The molecule has 2 bridgehead atoms. The first-order valence-electron chi connectivity index (χ1n) is 8.39. The molecule has 0 aliphatic carbocycles. The average Bonchev–Trinajstić information content (AvgIpc) is 2.77. The van der Waals surface area contributed by atoms with E-state index in [1.807, 2.05) is 13.8 Å². The Labute approximate surface area is 139 Å². The Hall–Kier alpha value is -0.810. The van der Waals surface area contributed by atoms with Crippen LogP contribution >= 0.6 is 12.4 Å². The molecule has 0 aromatic heterocycles. The first-order chi connectivity index (χ1) is 10.1. The van der Waals surface area contributed by atoms with Gasteiger partial charge in [0.2, 0.25) is 11.8 Å². The summed E-state index contributed by atoms with van der Waals surface area (Å²) in [5.41, 5.74) is 0. The second-order valence-corrected chi connectivity index (χ2v) is 6.66. The van der Waals surface area contributed by atoms with Crippen LogP contribution in [0.4, 0.5) is 0 Å². The standard InChI is InChI=1S/C16H29N3O2.ClH/c1-3-11(2)18-15(20)6-7-17-16(21)10-12-8-13-4-5-14(9-12)19-13;/h11-14,19H,3-10H2,1-2H3,(H,17,21)(H,18,20);1H. The second kappa shape index (κ2) is 9.36. The van der Waals surface area contributed by atoms with Crippen molar-refractivity contribution in [1.29, 1.82) is 0 Å². The number of piperidine rings is 1. The molecule has 3 unspecified atom stereocenters. The van der Waals surface area contributed by atoms with Crippen LogP contribution in [0.2, 0.25) is 0 Å². The Bertz CT molecular complexity index is 366. The molecule has 2 saturated heterocycles. The number of carbonyl (C=O) groups excluding carboxylic acids is 2. The van der Waals surface area contributed by atoms with E-state index in [0.717, 1.165) is 19.3 Å². The maximum atomic E-state index is 11.9. The molecule has 2 heterocycles. The third-order valence-electron chi connectivity index (χ3n) is 4.74. The van der Waals surface area contributed by atoms with Crippen LogP contribution in [0.15, 0.2) is 0 Å². The molecule has 2 rings (SSSR count). The lowest BCUT2D eigenvalue weighted by molar-refractivity contribution is -0.123. The molecule has 2 amide bonds. The number of fused-ring (bicyclic) bond motifs is 2. The van der Waals surface area contributed by atoms with Crippen molar-refractivity contribution in [2.75, 3.05) is 6.54 Å². The van der Waals surface area contributed by atoms with Crippen molar-refractivity contribution in [2.24, 2.45) is 5.92 Å². The Morgan fingerprint density at radius 2 is 1.82 bits per heavy atom. The Morgan fingerprint density at radius 3 is 2.41 bits per heavy atom. The van der Waals surface area contributed by atoms with Gasteiger partial charge in [0.15, 0.2) is 0 Å². The number of halogens is 1. The lowest BCUT2D eigenvalue weighted by Crippen LogP contribution is -2.40. The largest absolute Gasteiger partial charge is 0.356 e. The summed E-state index contributed by atoms with van der Waals surface area (Å²) in [7, 11) is 0. The SMILES string of the molecule is CCC(C)NC(=O)CCNC(=O)CC1CC2CCC(C1)N2.Cl. The van der Waals surface area contributed by atoms with E-state index in [4.69, 9.17) is 0 Å². The maximum absolute atomic E-state index is 11.9. The third kappa shape index (κ3) is 6.13. The highest BCUT2D eigenvalue weighted by atomic mass is 35.5. The van der Waals surface area contributed by atoms with Crippen LogP contribution in [0.5, 0.6) is 0 Å². The van der Waals surface area contributed by atoms with Crippen LogP contribution in [-0.4, -0.2) is 36.5 Å². The summed E-state index contributed by atoms with van der Waals surface area (Å²) in [5, 5.41) is 9.38. The van der Waals surface area contributed by atoms with Crippen LogP contribution < -0.4 is 16.0 Å². The fourth-order valence-corrected chi connectivity index (χ4v) is 3.44. The van der Waals surface area contributed by atoms with Gasteiger partial charge in [0.1, 0.15) is 0 Å². The van der Waals surface area contributed by atoms with Crippen molar-refractivity contribution in [3.63, 3.8) is 0 Å². The molecule has 22 heavy (non-hydrogen) atoms. The fourth-order valence-electron chi connectivity index (χ4n) is 3.44. The van der Waals surface area contributed by atoms with Gasteiger partial charge in [0, 0.05) is 37.5 Å². The van der Waals surface area contributed by atoms with Crippen molar-refractivity contribution in [1.82, 2.24) is 16.0 Å². The number of hydrogen-bond acceptors (Lipinski definition) is 3. The normalized spacial score (nSPS) is 27.6. The van der Waals surface area contributed by atoms with E-state index in [2.05, 4.69) is 16.0 Å². The third-order valence-corrected chi connectivity index (χ3v) is 4.74. The molecule has 0 aromatic rings. The van der Waals surface area contributed by atoms with Crippen molar-refractivity contribution in [3.8, 4) is 0 Å². The van der Waals surface area contributed by atoms with Crippen LogP contribution in [0.25, 0.3) is 0 Å². The van der Waals surface area contributed by atoms with Gasteiger partial charge in [-0.05, 0) is 44.9 Å². The first kappa shape index (κ1) is 19.2. The van der Waals surface area contributed by atoms with E-state index < -0.39 is 0 Å². The Morgan fingerprint density at radius 1 is 1.18 bits per heavy atom. The monoisotopic (exact) mass is 331 g/mol. The molecule has 0 radical (unpaired) electrons. The number of rotatable bonds is 7. The fraction of sp³-hybridized carbons (Fsp3) is 0.875. The van der Waals surface area contributed by atoms with Gasteiger partial charge in [-0.1, -0.05) is 6.92 Å². The molecule has 0 saturated carbocycles. The number of hydrogen-bond donors (Lipinski definition) is 3. The second-order valence-electron chi connectivity index (χ2n) is 6.66. The summed E-state index contributed by atoms with van der Waals surface area (Å²) < 4.78 is 0. The number of nitrogens with one attached hydrogen (secondary N) is 3. The summed E-state index contributed by atoms with van der Waals surface area (Å²) >= 11 is 0. The van der Waals surface area contributed by atoms with Gasteiger partial charge in [-0.3, -0.25) is 9.59 Å². The molecular weight excluding hydrogens is 302 g/mol. The molecular formula is C16H30ClN3O2. The summed E-state index contributed by atoms with van der Waals surface area (Å²) in [4.78, 5) is 23.5. The van der Waals surface area contributed by atoms with E-state index in [1.54, 1.807) is 0 Å². The summed E-state index contributed by atoms with van der Waals surface area (Å²) in [6, 6.07) is 1.46. The summed E-state index contributed by atoms with van der Waals surface area (Å²) in [6.45, 7) is 4.47. The van der Waals surface area contributed by atoms with Crippen LogP contribution in [-0.2, 0) is 9.59 Å². The van der Waals surface area contributed by atoms with Crippen molar-refractivity contribution >= 4 is 24.2 Å². The van der Waals surface area contributed by atoms with Crippen LogP contribution in [0.3, 0.4) is 0 Å². The van der Waals surface area contributed by atoms with Crippen molar-refractivity contribution in [2.45, 2.75) is 76.9 Å². The molecule has 0 aromatic carbocycles. The van der Waals surface area contributed by atoms with Gasteiger partial charge in [-0.25, -0.2) is 0 Å². The quantitative estimate of drug-likeness (QED) is 0.665. The lowest BCUT2D eigenvalue weighted by atomic mass is 9.89. The molecule has 6 heteroatoms. The first-order valence-corrected chi connectivity index (χ1v) is 8.39. The van der Waals surface area contributed by atoms with Gasteiger partial charge >= 0.3 is 0 Å². The summed E-state index contributed by atoms with van der Waals surface area (Å²) in [6.07, 6.45) is 6.68. The average molecular weight is 332 g/mol. The number of carbonyl (C=O) groups is 2. The highest BCUT2D eigenvalue weighted by Crippen LogP contribution is 2.32. The number of amides is 2. The minimum absolute atomic E-state index is 0. The highest BCUT2D eigenvalue weighted by Gasteiger charge is 2.34. The molecule has 0 spiro atoms. The zero-order valence-corrected chi connectivity index (χ0v) is 14.5. The van der Waals surface area contributed by atoms with Gasteiger partial charge in [-0.2, -0.15) is 0 Å². The van der Waals surface area contributed by atoms with E-state index in [0.29, 0.717) is 37.4 Å². The van der Waals surface area contributed by atoms with Gasteiger partial charge < -0.3 is 16.0 Å². The van der Waals surface area contributed by atoms with Crippen LogP contribution in [0.1, 0.15) is 58.8 Å². The maximum Gasteiger partial charge on any atom is 0.221 e. The molecule has 2 aliphatic heterocycles. The zero-order chi connectivity index (χ0) is 15.2. The molecule has 2 fully saturated rings. The van der Waals surface area contributed by atoms with Crippen LogP contribution in [0, 0.1) is 5.92 Å². The zero-order valence-electron chi connectivity index (χ0n) is 13.7. The molecule has 128 valence electrons. The van der Waals surface area contributed by atoms with Crippen molar-refractivity contribution < 1.29 is 9.59 Å². The van der Waals surface area contributed by atoms with Gasteiger partial charge in [0.05, 0.1) is 0 Å². The lowest BCUT2D eigenvalue weighted by Gasteiger charge is -2.28. The minimum atomic E-state index is 0. The smallest absolute Gasteiger partial charge is 0.221 e. The van der Waals surface area contributed by atoms with E-state index in [9.17, 15) is 9.59 Å². The molecule has 3 atom stereocenters. The highest BCUT2D eigenvalue weighted by molar-refractivity contribution is 5.85. The van der Waals surface area contributed by atoms with Crippen molar-refractivity contribution in [3.05, 3.63) is 0 Å². The molecule has 3 N–H and O–H groups in total. The Kier molecular flexibility index (Phi) is 8.18. The van der Waals surface area contributed by atoms with E-state index in [1.165, 1.54) is 12.8 Å². The molecule has 5 nitrogen and oxygen atoms in total. The van der Waals surface area contributed by atoms with E-state index >= 15 is 0 Å². The predicted molar refractivity (Wildman–Crippen MR) is 90.1 cm³/mol.